The van der Waals surface area contributed by atoms with Gasteiger partial charge in [-0.05, 0) is 6.42 Å². The fourth-order valence-corrected chi connectivity index (χ4v) is 4.52. The van der Waals surface area contributed by atoms with Gasteiger partial charge in [-0.25, -0.2) is 8.42 Å². The molecule has 1 aromatic rings. The number of rotatable bonds is 4. The molecule has 2 N–H and O–H groups in total. The summed E-state index contributed by atoms with van der Waals surface area (Å²) in [5.74, 6) is 1.77. The molecule has 0 aliphatic carbocycles. The minimum Gasteiger partial charge on any atom is -0.381 e. The first-order valence-electron chi connectivity index (χ1n) is 5.96. The molecule has 0 amide bonds. The van der Waals surface area contributed by atoms with E-state index >= 15 is 0 Å². The molecule has 18 heavy (non-hydrogen) atoms. The molecule has 0 aromatic carbocycles. The number of hydrogen-bond acceptors (Lipinski definition) is 5. The quantitative estimate of drug-likeness (QED) is 0.879. The molecule has 1 saturated heterocycles. The molecule has 0 bridgehead atoms. The Morgan fingerprint density at radius 3 is 2.72 bits per heavy atom. The van der Waals surface area contributed by atoms with Crippen LogP contribution in [0.5, 0.6) is 0 Å². The molecular weight excluding hydrogens is 272 g/mol. The van der Waals surface area contributed by atoms with E-state index in [1.54, 1.807) is 16.4 Å². The highest BCUT2D eigenvalue weighted by Crippen LogP contribution is 2.23. The zero-order chi connectivity index (χ0) is 13.2. The van der Waals surface area contributed by atoms with Crippen LogP contribution in [0, 0.1) is 0 Å². The molecule has 6 nitrogen and oxygen atoms in total. The minimum absolute atomic E-state index is 0.0988. The van der Waals surface area contributed by atoms with Gasteiger partial charge in [-0.1, -0.05) is 6.92 Å². The lowest BCUT2D eigenvalue weighted by atomic mass is 10.5. The van der Waals surface area contributed by atoms with Crippen LogP contribution in [0.1, 0.15) is 13.3 Å². The van der Waals surface area contributed by atoms with Gasteiger partial charge < -0.3 is 5.73 Å². The minimum atomic E-state index is -3.48. The van der Waals surface area contributed by atoms with Gasteiger partial charge in [0.25, 0.3) is 0 Å². The van der Waals surface area contributed by atoms with E-state index in [1.807, 2.05) is 6.92 Å². The van der Waals surface area contributed by atoms with Crippen LogP contribution in [0.3, 0.4) is 0 Å². The van der Waals surface area contributed by atoms with E-state index in [4.69, 9.17) is 5.73 Å². The molecule has 0 radical (unpaired) electrons. The van der Waals surface area contributed by atoms with E-state index in [2.05, 4.69) is 5.10 Å². The molecule has 1 aliphatic heterocycles. The van der Waals surface area contributed by atoms with Gasteiger partial charge in [-0.2, -0.15) is 21.2 Å². The third-order valence-corrected chi connectivity index (χ3v) is 5.65. The van der Waals surface area contributed by atoms with Crippen molar-refractivity contribution in [2.45, 2.75) is 24.8 Å². The summed E-state index contributed by atoms with van der Waals surface area (Å²) in [6.07, 6.45) is 2.43. The molecule has 2 rings (SSSR count). The number of anilines is 1. The van der Waals surface area contributed by atoms with E-state index < -0.39 is 10.0 Å². The van der Waals surface area contributed by atoms with Crippen molar-refractivity contribution in [3.05, 3.63) is 6.20 Å². The number of nitrogens with zero attached hydrogens (tertiary/aromatic N) is 3. The van der Waals surface area contributed by atoms with E-state index in [9.17, 15) is 8.42 Å². The summed E-state index contributed by atoms with van der Waals surface area (Å²) in [6, 6.07) is 0. The summed E-state index contributed by atoms with van der Waals surface area (Å²) in [5, 5.41) is 4.04. The van der Waals surface area contributed by atoms with E-state index in [0.717, 1.165) is 17.9 Å². The fraction of sp³-hybridized carbons (Fsp3) is 0.700. The van der Waals surface area contributed by atoms with E-state index in [-0.39, 0.29) is 10.7 Å². The smallest absolute Gasteiger partial charge is 0.248 e. The second-order valence-electron chi connectivity index (χ2n) is 4.16. The molecule has 0 unspecified atom stereocenters. The zero-order valence-electron chi connectivity index (χ0n) is 10.4. The van der Waals surface area contributed by atoms with Crippen LogP contribution in [-0.2, 0) is 16.6 Å². The number of hydrogen-bond donors (Lipinski definition) is 1. The maximum atomic E-state index is 12.4. The predicted molar refractivity (Wildman–Crippen MR) is 73.0 cm³/mol. The standard InChI is InChI=1S/C10H18N4O2S2/c1-2-3-13-8-9(10(11)12-13)18(15,16)14-4-6-17-7-5-14/h8H,2-7H2,1H3,(H2,11,12). The van der Waals surface area contributed by atoms with Crippen LogP contribution in [0.25, 0.3) is 0 Å². The zero-order valence-corrected chi connectivity index (χ0v) is 12.0. The normalized spacial score (nSPS) is 18.1. The maximum absolute atomic E-state index is 12.4. The lowest BCUT2D eigenvalue weighted by molar-refractivity contribution is 0.443. The Morgan fingerprint density at radius 1 is 1.44 bits per heavy atom. The monoisotopic (exact) mass is 290 g/mol. The number of thioether (sulfide) groups is 1. The van der Waals surface area contributed by atoms with Crippen LogP contribution in [-0.4, -0.2) is 47.1 Å². The summed E-state index contributed by atoms with van der Waals surface area (Å²) >= 11 is 1.77. The van der Waals surface area contributed by atoms with Crippen molar-refractivity contribution in [1.82, 2.24) is 14.1 Å². The summed E-state index contributed by atoms with van der Waals surface area (Å²) < 4.78 is 27.9. The molecule has 0 atom stereocenters. The van der Waals surface area contributed by atoms with E-state index in [0.29, 0.717) is 19.6 Å². The van der Waals surface area contributed by atoms with Crippen molar-refractivity contribution in [1.29, 1.82) is 0 Å². The van der Waals surface area contributed by atoms with Gasteiger partial charge in [0.15, 0.2) is 5.82 Å². The fourth-order valence-electron chi connectivity index (χ4n) is 1.89. The van der Waals surface area contributed by atoms with Crippen LogP contribution >= 0.6 is 11.8 Å². The molecule has 1 aromatic heterocycles. The van der Waals surface area contributed by atoms with Crippen LogP contribution in [0.15, 0.2) is 11.1 Å². The number of aryl methyl sites for hydroxylation is 1. The van der Waals surface area contributed by atoms with Crippen LogP contribution in [0.2, 0.25) is 0 Å². The third kappa shape index (κ3) is 2.65. The van der Waals surface area contributed by atoms with Crippen molar-refractivity contribution in [2.24, 2.45) is 0 Å². The van der Waals surface area contributed by atoms with Gasteiger partial charge >= 0.3 is 0 Å². The largest absolute Gasteiger partial charge is 0.381 e. The first-order valence-corrected chi connectivity index (χ1v) is 8.56. The Labute approximate surface area is 112 Å². The highest BCUT2D eigenvalue weighted by atomic mass is 32.2. The molecule has 102 valence electrons. The Bertz CT molecular complexity index is 506. The molecule has 0 spiro atoms. The lowest BCUT2D eigenvalue weighted by Crippen LogP contribution is -2.38. The summed E-state index contributed by atoms with van der Waals surface area (Å²) in [6.45, 7) is 3.78. The highest BCUT2D eigenvalue weighted by Gasteiger charge is 2.29. The van der Waals surface area contributed by atoms with Gasteiger partial charge in [-0.15, -0.1) is 0 Å². The number of sulfonamides is 1. The summed E-state index contributed by atoms with van der Waals surface area (Å²) in [4.78, 5) is 0.142. The van der Waals surface area contributed by atoms with E-state index in [1.165, 1.54) is 10.5 Å². The molecule has 0 saturated carbocycles. The Hall–Kier alpha value is -0.730. The third-order valence-electron chi connectivity index (χ3n) is 2.80. The van der Waals surface area contributed by atoms with Crippen molar-refractivity contribution >= 4 is 27.6 Å². The van der Waals surface area contributed by atoms with Crippen LogP contribution in [0.4, 0.5) is 5.82 Å². The SMILES string of the molecule is CCCn1cc(S(=O)(=O)N2CCSCC2)c(N)n1. The van der Waals surface area contributed by atoms with Crippen molar-refractivity contribution in [3.8, 4) is 0 Å². The van der Waals surface area contributed by atoms with Gasteiger partial charge in [0.05, 0.1) is 0 Å². The van der Waals surface area contributed by atoms with Crippen molar-refractivity contribution in [3.63, 3.8) is 0 Å². The average Bonchev–Trinajstić information content (AvgIpc) is 2.73. The Balaban J connectivity index is 2.28. The number of aromatic nitrogens is 2. The topological polar surface area (TPSA) is 81.2 Å². The van der Waals surface area contributed by atoms with Gasteiger partial charge in [0, 0.05) is 37.3 Å². The predicted octanol–water partition coefficient (Wildman–Crippen LogP) is 0.613. The van der Waals surface area contributed by atoms with Gasteiger partial charge in [0.2, 0.25) is 10.0 Å². The molecular formula is C10H18N4O2S2. The average molecular weight is 290 g/mol. The van der Waals surface area contributed by atoms with Crippen molar-refractivity contribution < 1.29 is 8.42 Å². The Kier molecular flexibility index (Phi) is 4.18. The van der Waals surface area contributed by atoms with Gasteiger partial charge in [0.1, 0.15) is 4.90 Å². The lowest BCUT2D eigenvalue weighted by Gasteiger charge is -2.25. The van der Waals surface area contributed by atoms with Crippen LogP contribution < -0.4 is 5.73 Å². The maximum Gasteiger partial charge on any atom is 0.248 e. The molecule has 2 heterocycles. The first-order chi connectivity index (χ1) is 8.55. The number of nitrogens with two attached hydrogens (primary N) is 1. The number of nitrogen functional groups attached to an aromatic ring is 1. The van der Waals surface area contributed by atoms with Gasteiger partial charge in [-0.3, -0.25) is 4.68 Å². The summed E-state index contributed by atoms with van der Waals surface area (Å²) in [7, 11) is -3.48. The first kappa shape index (κ1) is 13.7. The molecule has 8 heteroatoms. The summed E-state index contributed by atoms with van der Waals surface area (Å²) in [5.41, 5.74) is 5.72. The van der Waals surface area contributed by atoms with Crippen molar-refractivity contribution in [2.75, 3.05) is 30.3 Å². The highest BCUT2D eigenvalue weighted by molar-refractivity contribution is 7.99. The second-order valence-corrected chi connectivity index (χ2v) is 7.29. The second kappa shape index (κ2) is 5.50. The Morgan fingerprint density at radius 2 is 2.11 bits per heavy atom. The molecule has 1 fully saturated rings. The molecule has 1 aliphatic rings.